The predicted molar refractivity (Wildman–Crippen MR) is 157 cm³/mol. The number of likely N-dealkylation sites (N-methyl/N-ethyl adjacent to an activating group) is 2. The van der Waals surface area contributed by atoms with Crippen LogP contribution in [0.25, 0.3) is 0 Å². The Morgan fingerprint density at radius 2 is 1.90 bits per heavy atom. The maximum absolute atomic E-state index is 12.5. The number of nitrogens with zero attached hydrogens (tertiary/aromatic N) is 6. The van der Waals surface area contributed by atoms with Gasteiger partial charge in [0, 0.05) is 51.4 Å². The molecule has 1 saturated heterocycles. The smallest absolute Gasteiger partial charge is 0.246 e. The summed E-state index contributed by atoms with van der Waals surface area (Å²) in [4.78, 5) is 39.6. The number of benzene rings is 1. The Balaban J connectivity index is 1.53. The highest BCUT2D eigenvalue weighted by Gasteiger charge is 2.20. The SMILES string of the molecule is CC(C(=O)NCCCC#Cc1cnc(Nc2ccc(C#N)cc2)nc1N1CCCC1)N(C)C(=O)/C=C/CN(C)C. The van der Waals surface area contributed by atoms with E-state index in [9.17, 15) is 9.59 Å². The van der Waals surface area contributed by atoms with Gasteiger partial charge in [-0.3, -0.25) is 9.59 Å². The molecule has 0 bridgehead atoms. The maximum Gasteiger partial charge on any atom is 0.246 e. The molecule has 0 spiro atoms. The number of carbonyl (C=O) groups excluding carboxylic acids is 2. The van der Waals surface area contributed by atoms with Gasteiger partial charge in [0.05, 0.1) is 23.4 Å². The summed E-state index contributed by atoms with van der Waals surface area (Å²) >= 11 is 0. The zero-order valence-electron chi connectivity index (χ0n) is 23.8. The molecule has 210 valence electrons. The molecule has 1 aliphatic rings. The Kier molecular flexibility index (Phi) is 11.5. The van der Waals surface area contributed by atoms with Crippen molar-refractivity contribution in [3.63, 3.8) is 0 Å². The molecule has 10 nitrogen and oxygen atoms in total. The summed E-state index contributed by atoms with van der Waals surface area (Å²) in [7, 11) is 5.48. The number of nitriles is 1. The van der Waals surface area contributed by atoms with E-state index in [-0.39, 0.29) is 11.8 Å². The summed E-state index contributed by atoms with van der Waals surface area (Å²) in [6, 6.07) is 8.68. The number of rotatable bonds is 11. The van der Waals surface area contributed by atoms with Gasteiger partial charge in [-0.1, -0.05) is 17.9 Å². The van der Waals surface area contributed by atoms with E-state index in [1.54, 1.807) is 38.4 Å². The minimum Gasteiger partial charge on any atom is -0.355 e. The van der Waals surface area contributed by atoms with Crippen molar-refractivity contribution in [3.8, 4) is 17.9 Å². The van der Waals surface area contributed by atoms with Gasteiger partial charge in [-0.25, -0.2) is 4.98 Å². The zero-order valence-corrected chi connectivity index (χ0v) is 23.8. The number of amides is 2. The third kappa shape index (κ3) is 9.11. The van der Waals surface area contributed by atoms with Gasteiger partial charge in [0.15, 0.2) is 0 Å². The second-order valence-electron chi connectivity index (χ2n) is 9.93. The van der Waals surface area contributed by atoms with Crippen LogP contribution in [0.1, 0.15) is 43.7 Å². The van der Waals surface area contributed by atoms with Crippen LogP contribution in [0.15, 0.2) is 42.6 Å². The number of hydrogen-bond acceptors (Lipinski definition) is 8. The van der Waals surface area contributed by atoms with E-state index in [0.717, 1.165) is 43.0 Å². The van der Waals surface area contributed by atoms with Crippen LogP contribution in [-0.4, -0.2) is 84.9 Å². The number of anilines is 3. The average Bonchev–Trinajstić information content (AvgIpc) is 3.49. The molecule has 1 fully saturated rings. The van der Waals surface area contributed by atoms with Crippen molar-refractivity contribution in [2.75, 3.05) is 57.5 Å². The normalized spacial score (nSPS) is 13.4. The summed E-state index contributed by atoms with van der Waals surface area (Å²) in [5, 5.41) is 15.1. The third-order valence-electron chi connectivity index (χ3n) is 6.48. The summed E-state index contributed by atoms with van der Waals surface area (Å²) in [5.74, 6) is 7.29. The van der Waals surface area contributed by atoms with Gasteiger partial charge >= 0.3 is 0 Å². The first-order valence-electron chi connectivity index (χ1n) is 13.5. The average molecular weight is 543 g/mol. The quantitative estimate of drug-likeness (QED) is 0.253. The van der Waals surface area contributed by atoms with Gasteiger partial charge in [0.25, 0.3) is 0 Å². The number of nitrogens with one attached hydrogen (secondary N) is 2. The summed E-state index contributed by atoms with van der Waals surface area (Å²) < 4.78 is 0. The topological polar surface area (TPSA) is 117 Å². The van der Waals surface area contributed by atoms with Crippen LogP contribution >= 0.6 is 0 Å². The lowest BCUT2D eigenvalue weighted by atomic mass is 10.2. The second kappa shape index (κ2) is 15.2. The van der Waals surface area contributed by atoms with Gasteiger partial charge in [0.2, 0.25) is 17.8 Å². The van der Waals surface area contributed by atoms with E-state index in [1.807, 2.05) is 31.1 Å². The zero-order chi connectivity index (χ0) is 28.9. The third-order valence-corrected chi connectivity index (χ3v) is 6.48. The predicted octanol–water partition coefficient (Wildman–Crippen LogP) is 2.90. The van der Waals surface area contributed by atoms with E-state index >= 15 is 0 Å². The monoisotopic (exact) mass is 542 g/mol. The van der Waals surface area contributed by atoms with Gasteiger partial charge in [-0.15, -0.1) is 0 Å². The number of carbonyl (C=O) groups is 2. The highest BCUT2D eigenvalue weighted by Crippen LogP contribution is 2.24. The lowest BCUT2D eigenvalue weighted by Crippen LogP contribution is -2.45. The molecule has 10 heteroatoms. The fourth-order valence-electron chi connectivity index (χ4n) is 3.99. The van der Waals surface area contributed by atoms with Gasteiger partial charge < -0.3 is 25.3 Å². The highest BCUT2D eigenvalue weighted by atomic mass is 16.2. The molecular formula is C30H38N8O2. The largest absolute Gasteiger partial charge is 0.355 e. The lowest BCUT2D eigenvalue weighted by Gasteiger charge is -2.23. The van der Waals surface area contributed by atoms with E-state index in [1.165, 1.54) is 11.0 Å². The van der Waals surface area contributed by atoms with Crippen molar-refractivity contribution >= 4 is 29.3 Å². The molecule has 40 heavy (non-hydrogen) atoms. The summed E-state index contributed by atoms with van der Waals surface area (Å²) in [6.07, 6.45) is 8.52. The van der Waals surface area contributed by atoms with Crippen LogP contribution in [0.2, 0.25) is 0 Å². The summed E-state index contributed by atoms with van der Waals surface area (Å²) in [6.45, 7) is 4.70. The molecule has 3 rings (SSSR count). The second-order valence-corrected chi connectivity index (χ2v) is 9.93. The Morgan fingerprint density at radius 3 is 2.58 bits per heavy atom. The van der Waals surface area contributed by atoms with E-state index in [2.05, 4.69) is 38.4 Å². The molecule has 1 atom stereocenters. The lowest BCUT2D eigenvalue weighted by molar-refractivity contribution is -0.135. The van der Waals surface area contributed by atoms with Crippen LogP contribution in [0.5, 0.6) is 0 Å². The van der Waals surface area contributed by atoms with Crippen molar-refractivity contribution in [3.05, 3.63) is 53.7 Å². The van der Waals surface area contributed by atoms with Gasteiger partial charge in [-0.05, 0) is 64.5 Å². The number of aromatic nitrogens is 2. The van der Waals surface area contributed by atoms with E-state index < -0.39 is 6.04 Å². The molecule has 2 amide bonds. The molecule has 0 radical (unpaired) electrons. The van der Waals surface area contributed by atoms with Gasteiger partial charge in [0.1, 0.15) is 11.9 Å². The van der Waals surface area contributed by atoms with Crippen LogP contribution < -0.4 is 15.5 Å². The summed E-state index contributed by atoms with van der Waals surface area (Å²) in [5.41, 5.74) is 2.17. The van der Waals surface area contributed by atoms with Crippen LogP contribution in [0.4, 0.5) is 17.5 Å². The molecule has 1 aliphatic heterocycles. The minimum atomic E-state index is -0.570. The highest BCUT2D eigenvalue weighted by molar-refractivity contribution is 5.92. The number of hydrogen-bond donors (Lipinski definition) is 2. The maximum atomic E-state index is 12.5. The van der Waals surface area contributed by atoms with Crippen LogP contribution in [-0.2, 0) is 9.59 Å². The fraction of sp³-hybridized carbons (Fsp3) is 0.433. The molecular weight excluding hydrogens is 504 g/mol. The Bertz CT molecular complexity index is 1280. The van der Waals surface area contributed by atoms with Gasteiger partial charge in [-0.2, -0.15) is 10.2 Å². The van der Waals surface area contributed by atoms with Crippen molar-refractivity contribution in [1.29, 1.82) is 5.26 Å². The minimum absolute atomic E-state index is 0.195. The van der Waals surface area contributed by atoms with E-state index in [4.69, 9.17) is 10.2 Å². The molecule has 2 heterocycles. The van der Waals surface area contributed by atoms with Crippen LogP contribution in [0, 0.1) is 23.2 Å². The van der Waals surface area contributed by atoms with E-state index in [0.29, 0.717) is 37.4 Å². The Morgan fingerprint density at radius 1 is 1.18 bits per heavy atom. The molecule has 0 aliphatic carbocycles. The molecule has 1 aromatic heterocycles. The van der Waals surface area contributed by atoms with Crippen molar-refractivity contribution in [1.82, 2.24) is 25.1 Å². The molecule has 1 unspecified atom stereocenters. The van der Waals surface area contributed by atoms with Crippen molar-refractivity contribution in [2.45, 2.75) is 38.6 Å². The Labute approximate surface area is 237 Å². The Hall–Kier alpha value is -4.41. The molecule has 2 N–H and O–H groups in total. The van der Waals surface area contributed by atoms with Crippen molar-refractivity contribution in [2.24, 2.45) is 0 Å². The first kappa shape index (κ1) is 30.1. The fourth-order valence-corrected chi connectivity index (χ4v) is 3.99. The molecule has 2 aromatic rings. The van der Waals surface area contributed by atoms with Crippen molar-refractivity contribution < 1.29 is 9.59 Å². The molecule has 1 aromatic carbocycles. The standard InChI is InChI=1S/C30H38N8O2/c1-23(37(4)27(39)12-10-18-36(2)3)29(40)32-17-7-5-6-11-25-22-33-30(35-28(25)38-19-8-9-20-38)34-26-15-13-24(21-31)14-16-26/h10,12-16,22-23H,5,7-9,17-20H2,1-4H3,(H,32,40)(H,33,34,35)/b12-10+. The molecule has 0 saturated carbocycles. The number of unbranched alkanes of at least 4 members (excludes halogenated alkanes) is 1. The van der Waals surface area contributed by atoms with Crippen LogP contribution in [0.3, 0.4) is 0 Å². The first-order chi connectivity index (χ1) is 19.3. The first-order valence-corrected chi connectivity index (χ1v) is 13.5.